The Morgan fingerprint density at radius 1 is 1.20 bits per heavy atom. The van der Waals surface area contributed by atoms with E-state index in [4.69, 9.17) is 4.74 Å². The fourth-order valence-corrected chi connectivity index (χ4v) is 4.24. The Kier molecular flexibility index (Phi) is 4.67. The first kappa shape index (κ1) is 16.5. The quantitative estimate of drug-likeness (QED) is 0.844. The van der Waals surface area contributed by atoms with Crippen molar-refractivity contribution in [3.05, 3.63) is 40.0 Å². The lowest BCUT2D eigenvalue weighted by molar-refractivity contribution is -0.142. The van der Waals surface area contributed by atoms with Crippen molar-refractivity contribution in [1.29, 1.82) is 0 Å². The summed E-state index contributed by atoms with van der Waals surface area (Å²) < 4.78 is 7.10. The highest BCUT2D eigenvalue weighted by Gasteiger charge is 2.31. The van der Waals surface area contributed by atoms with Crippen LogP contribution >= 0.6 is 11.3 Å². The maximum absolute atomic E-state index is 12.4. The third kappa shape index (κ3) is 3.39. The molecule has 0 aliphatic carbocycles. The molecule has 0 bridgehead atoms. The highest BCUT2D eigenvalue weighted by atomic mass is 32.1. The first-order valence-electron chi connectivity index (χ1n) is 8.76. The predicted octanol–water partition coefficient (Wildman–Crippen LogP) is 2.31. The monoisotopic (exact) mass is 359 g/mol. The van der Waals surface area contributed by atoms with E-state index >= 15 is 0 Å². The molecule has 132 valence electrons. The van der Waals surface area contributed by atoms with Crippen LogP contribution in [0.25, 0.3) is 10.6 Å². The molecule has 0 aromatic carbocycles. The minimum Gasteiger partial charge on any atom is -0.368 e. The van der Waals surface area contributed by atoms with Gasteiger partial charge in [-0.15, -0.1) is 11.3 Å². The van der Waals surface area contributed by atoms with Gasteiger partial charge in [0.1, 0.15) is 11.8 Å². The molecule has 2 aliphatic heterocycles. The molecule has 0 spiro atoms. The van der Waals surface area contributed by atoms with Crippen LogP contribution in [-0.4, -0.2) is 46.4 Å². The van der Waals surface area contributed by atoms with Crippen LogP contribution in [-0.2, 0) is 9.53 Å². The first-order valence-corrected chi connectivity index (χ1v) is 9.64. The lowest BCUT2D eigenvalue weighted by Gasteiger charge is -2.33. The number of rotatable bonds is 3. The number of amides is 1. The lowest BCUT2D eigenvalue weighted by Crippen LogP contribution is -2.45. The highest BCUT2D eigenvalue weighted by molar-refractivity contribution is 7.13. The Morgan fingerprint density at radius 2 is 2.04 bits per heavy atom. The van der Waals surface area contributed by atoms with Gasteiger partial charge in [-0.05, 0) is 43.2 Å². The molecule has 1 atom stereocenters. The molecule has 2 aromatic heterocycles. The minimum absolute atomic E-state index is 0.0426. The molecule has 4 rings (SSSR count). The van der Waals surface area contributed by atoms with Gasteiger partial charge in [0.15, 0.2) is 0 Å². The molecule has 1 unspecified atom stereocenters. The Bertz CT molecular complexity index is 788. The molecule has 7 heteroatoms. The van der Waals surface area contributed by atoms with E-state index in [0.717, 1.165) is 36.3 Å². The largest absolute Gasteiger partial charge is 0.368 e. The van der Waals surface area contributed by atoms with E-state index in [1.807, 2.05) is 22.4 Å². The van der Waals surface area contributed by atoms with Crippen molar-refractivity contribution in [2.24, 2.45) is 0 Å². The lowest BCUT2D eigenvalue weighted by atomic mass is 10.0. The van der Waals surface area contributed by atoms with Crippen LogP contribution in [0.4, 0.5) is 0 Å². The number of hydrogen-bond donors (Lipinski definition) is 0. The highest BCUT2D eigenvalue weighted by Crippen LogP contribution is 2.25. The summed E-state index contributed by atoms with van der Waals surface area (Å²) in [6.07, 6.45) is 3.02. The first-order chi connectivity index (χ1) is 12.2. The van der Waals surface area contributed by atoms with Gasteiger partial charge in [0, 0.05) is 25.8 Å². The van der Waals surface area contributed by atoms with Crippen molar-refractivity contribution in [1.82, 2.24) is 14.7 Å². The summed E-state index contributed by atoms with van der Waals surface area (Å²) >= 11 is 1.61. The Morgan fingerprint density at radius 3 is 2.72 bits per heavy atom. The Labute approximate surface area is 150 Å². The van der Waals surface area contributed by atoms with Gasteiger partial charge in [-0.2, -0.15) is 5.10 Å². The molecular weight excluding hydrogens is 338 g/mol. The summed E-state index contributed by atoms with van der Waals surface area (Å²) in [5, 5.41) is 6.57. The molecular formula is C18H21N3O3S. The number of likely N-dealkylation sites (tertiary alicyclic amines) is 1. The SMILES string of the molecule is O=C(C1CCCO1)N1CCC(n2nc(-c3cccs3)ccc2=O)CC1. The predicted molar refractivity (Wildman–Crippen MR) is 95.6 cm³/mol. The zero-order chi connectivity index (χ0) is 17.2. The van der Waals surface area contributed by atoms with Gasteiger partial charge < -0.3 is 9.64 Å². The molecule has 6 nitrogen and oxygen atoms in total. The number of thiophene rings is 1. The number of aromatic nitrogens is 2. The number of hydrogen-bond acceptors (Lipinski definition) is 5. The summed E-state index contributed by atoms with van der Waals surface area (Å²) in [4.78, 5) is 27.6. The van der Waals surface area contributed by atoms with Crippen LogP contribution < -0.4 is 5.56 Å². The molecule has 0 saturated carbocycles. The Balaban J connectivity index is 1.46. The average molecular weight is 359 g/mol. The topological polar surface area (TPSA) is 64.4 Å². The van der Waals surface area contributed by atoms with Crippen LogP contribution in [0.2, 0.25) is 0 Å². The van der Waals surface area contributed by atoms with Gasteiger partial charge in [-0.1, -0.05) is 6.07 Å². The summed E-state index contributed by atoms with van der Waals surface area (Å²) in [6.45, 7) is 1.99. The summed E-state index contributed by atoms with van der Waals surface area (Å²) in [7, 11) is 0. The molecule has 0 radical (unpaired) electrons. The van der Waals surface area contributed by atoms with Crippen LogP contribution in [0.15, 0.2) is 34.4 Å². The maximum atomic E-state index is 12.4. The van der Waals surface area contributed by atoms with Crippen molar-refractivity contribution >= 4 is 17.2 Å². The normalized spacial score (nSPS) is 21.6. The molecule has 1 amide bonds. The van der Waals surface area contributed by atoms with Crippen molar-refractivity contribution < 1.29 is 9.53 Å². The van der Waals surface area contributed by atoms with E-state index in [2.05, 4.69) is 5.10 Å². The van der Waals surface area contributed by atoms with E-state index in [1.165, 1.54) is 0 Å². The van der Waals surface area contributed by atoms with Gasteiger partial charge in [0.05, 0.1) is 10.9 Å². The van der Waals surface area contributed by atoms with Gasteiger partial charge in [-0.25, -0.2) is 4.68 Å². The average Bonchev–Trinajstić information content (AvgIpc) is 3.35. The maximum Gasteiger partial charge on any atom is 0.267 e. The Hall–Kier alpha value is -1.99. The van der Waals surface area contributed by atoms with E-state index in [9.17, 15) is 9.59 Å². The summed E-state index contributed by atoms with van der Waals surface area (Å²) in [6, 6.07) is 7.39. The van der Waals surface area contributed by atoms with Crippen molar-refractivity contribution in [3.8, 4) is 10.6 Å². The van der Waals surface area contributed by atoms with Crippen molar-refractivity contribution in [3.63, 3.8) is 0 Å². The second kappa shape index (κ2) is 7.09. The number of carbonyl (C=O) groups is 1. The van der Waals surface area contributed by atoms with Crippen LogP contribution in [0.5, 0.6) is 0 Å². The van der Waals surface area contributed by atoms with Gasteiger partial charge in [-0.3, -0.25) is 9.59 Å². The van der Waals surface area contributed by atoms with E-state index in [1.54, 1.807) is 28.2 Å². The summed E-state index contributed by atoms with van der Waals surface area (Å²) in [5.41, 5.74) is 0.747. The van der Waals surface area contributed by atoms with Crippen LogP contribution in [0, 0.1) is 0 Å². The molecule has 2 aliphatic rings. The van der Waals surface area contributed by atoms with Crippen LogP contribution in [0.3, 0.4) is 0 Å². The number of carbonyl (C=O) groups excluding carboxylic acids is 1. The number of piperidine rings is 1. The fourth-order valence-electron chi connectivity index (χ4n) is 3.55. The number of nitrogens with zero attached hydrogens (tertiary/aromatic N) is 3. The summed E-state index contributed by atoms with van der Waals surface area (Å²) in [5.74, 6) is 0.101. The smallest absolute Gasteiger partial charge is 0.267 e. The number of ether oxygens (including phenoxy) is 1. The standard InChI is InChI=1S/C18H21N3O3S/c22-17-6-5-14(16-4-2-12-25-16)19-21(17)13-7-9-20(10-8-13)18(23)15-3-1-11-24-15/h2,4-6,12-13,15H,1,3,7-11H2. The fraction of sp³-hybridized carbons (Fsp3) is 0.500. The third-order valence-electron chi connectivity index (χ3n) is 4.93. The van der Waals surface area contributed by atoms with E-state index in [-0.39, 0.29) is 23.6 Å². The second-order valence-corrected chi connectivity index (χ2v) is 7.48. The van der Waals surface area contributed by atoms with E-state index in [0.29, 0.717) is 19.7 Å². The van der Waals surface area contributed by atoms with Crippen molar-refractivity contribution in [2.75, 3.05) is 19.7 Å². The van der Waals surface area contributed by atoms with Gasteiger partial charge >= 0.3 is 0 Å². The zero-order valence-electron chi connectivity index (χ0n) is 14.0. The molecule has 2 saturated heterocycles. The van der Waals surface area contributed by atoms with E-state index < -0.39 is 0 Å². The molecule has 2 aromatic rings. The van der Waals surface area contributed by atoms with Crippen LogP contribution in [0.1, 0.15) is 31.7 Å². The molecule has 25 heavy (non-hydrogen) atoms. The molecule has 2 fully saturated rings. The molecule has 0 N–H and O–H groups in total. The van der Waals surface area contributed by atoms with Gasteiger partial charge in [0.25, 0.3) is 11.5 Å². The zero-order valence-corrected chi connectivity index (χ0v) is 14.8. The molecule has 4 heterocycles. The minimum atomic E-state index is -0.264. The third-order valence-corrected chi connectivity index (χ3v) is 5.82. The van der Waals surface area contributed by atoms with Crippen molar-refractivity contribution in [2.45, 2.75) is 37.8 Å². The van der Waals surface area contributed by atoms with Gasteiger partial charge in [0.2, 0.25) is 0 Å². The second-order valence-electron chi connectivity index (χ2n) is 6.54.